The summed E-state index contributed by atoms with van der Waals surface area (Å²) in [7, 11) is 1.57. The first kappa shape index (κ1) is 18.6. The molecule has 0 saturated carbocycles. The van der Waals surface area contributed by atoms with Gasteiger partial charge in [-0.25, -0.2) is 0 Å². The van der Waals surface area contributed by atoms with Crippen molar-refractivity contribution in [3.63, 3.8) is 0 Å². The number of aryl methyl sites for hydroxylation is 2. The highest BCUT2D eigenvalue weighted by Gasteiger charge is 2.16. The molecule has 0 bridgehead atoms. The van der Waals surface area contributed by atoms with Gasteiger partial charge in [0.2, 0.25) is 0 Å². The minimum absolute atomic E-state index is 0.199. The van der Waals surface area contributed by atoms with E-state index in [2.05, 4.69) is 12.2 Å². The van der Waals surface area contributed by atoms with Gasteiger partial charge in [-0.3, -0.25) is 4.79 Å². The molecular weight excluding hydrogens is 318 g/mol. The van der Waals surface area contributed by atoms with Crippen LogP contribution in [0.4, 0.5) is 0 Å². The lowest BCUT2D eigenvalue weighted by Gasteiger charge is -2.16. The number of carbonyl (C=O) groups excluding carboxylic acids is 1. The summed E-state index contributed by atoms with van der Waals surface area (Å²) < 4.78 is 16.5. The maximum atomic E-state index is 12.1. The first-order valence-electron chi connectivity index (χ1n) is 8.28. The van der Waals surface area contributed by atoms with E-state index in [1.807, 2.05) is 37.3 Å². The van der Waals surface area contributed by atoms with Crippen molar-refractivity contribution in [3.05, 3.63) is 53.6 Å². The summed E-state index contributed by atoms with van der Waals surface area (Å²) in [5.41, 5.74) is 2.41. The van der Waals surface area contributed by atoms with Gasteiger partial charge < -0.3 is 19.5 Å². The minimum atomic E-state index is -0.627. The van der Waals surface area contributed by atoms with Crippen LogP contribution in [0.15, 0.2) is 42.5 Å². The molecule has 2 aromatic rings. The molecule has 1 atom stereocenters. The van der Waals surface area contributed by atoms with Crippen LogP contribution in [0.2, 0.25) is 0 Å². The SMILES string of the molecule is COc1ccccc1O[C@@H](C)C(=O)NCCOc1ccc(C)c(C)c1. The maximum Gasteiger partial charge on any atom is 0.260 e. The second kappa shape index (κ2) is 8.97. The Labute approximate surface area is 148 Å². The average Bonchev–Trinajstić information content (AvgIpc) is 2.61. The molecule has 0 radical (unpaired) electrons. The van der Waals surface area contributed by atoms with Crippen molar-refractivity contribution in [2.75, 3.05) is 20.3 Å². The molecule has 0 spiro atoms. The van der Waals surface area contributed by atoms with Gasteiger partial charge in [0.1, 0.15) is 12.4 Å². The third-order valence-corrected chi connectivity index (χ3v) is 3.89. The Morgan fingerprint density at radius 2 is 1.80 bits per heavy atom. The Morgan fingerprint density at radius 1 is 1.08 bits per heavy atom. The quantitative estimate of drug-likeness (QED) is 0.748. The van der Waals surface area contributed by atoms with Crippen LogP contribution in [-0.2, 0) is 4.79 Å². The number of hydrogen-bond donors (Lipinski definition) is 1. The zero-order valence-corrected chi connectivity index (χ0v) is 15.2. The van der Waals surface area contributed by atoms with Crippen molar-refractivity contribution in [2.24, 2.45) is 0 Å². The van der Waals surface area contributed by atoms with E-state index in [9.17, 15) is 4.79 Å². The molecule has 0 aliphatic heterocycles. The van der Waals surface area contributed by atoms with Crippen LogP contribution in [-0.4, -0.2) is 32.3 Å². The predicted molar refractivity (Wildman–Crippen MR) is 97.5 cm³/mol. The van der Waals surface area contributed by atoms with E-state index in [0.29, 0.717) is 24.7 Å². The second-order valence-electron chi connectivity index (χ2n) is 5.80. The topological polar surface area (TPSA) is 56.8 Å². The number of para-hydroxylation sites is 2. The molecule has 2 aromatic carbocycles. The normalized spacial score (nSPS) is 11.5. The van der Waals surface area contributed by atoms with E-state index in [0.717, 1.165) is 5.75 Å². The van der Waals surface area contributed by atoms with E-state index in [-0.39, 0.29) is 5.91 Å². The van der Waals surface area contributed by atoms with Crippen LogP contribution in [0, 0.1) is 13.8 Å². The molecule has 2 rings (SSSR count). The van der Waals surface area contributed by atoms with Crippen molar-refractivity contribution in [2.45, 2.75) is 26.9 Å². The standard InChI is InChI=1S/C20H25NO4/c1-14-9-10-17(13-15(14)2)24-12-11-21-20(22)16(3)25-19-8-6-5-7-18(19)23-4/h5-10,13,16H,11-12H2,1-4H3,(H,21,22)/t16-/m0/s1. The number of carbonyl (C=O) groups is 1. The van der Waals surface area contributed by atoms with Crippen molar-refractivity contribution in [1.29, 1.82) is 0 Å². The fourth-order valence-electron chi connectivity index (χ4n) is 2.25. The molecule has 0 aromatic heterocycles. The predicted octanol–water partition coefficient (Wildman–Crippen LogP) is 3.27. The first-order valence-corrected chi connectivity index (χ1v) is 8.28. The monoisotopic (exact) mass is 343 g/mol. The molecule has 134 valence electrons. The van der Waals surface area contributed by atoms with E-state index in [4.69, 9.17) is 14.2 Å². The van der Waals surface area contributed by atoms with E-state index < -0.39 is 6.10 Å². The minimum Gasteiger partial charge on any atom is -0.493 e. The highest BCUT2D eigenvalue weighted by Crippen LogP contribution is 2.26. The average molecular weight is 343 g/mol. The largest absolute Gasteiger partial charge is 0.493 e. The summed E-state index contributed by atoms with van der Waals surface area (Å²) in [5.74, 6) is 1.74. The van der Waals surface area contributed by atoms with Gasteiger partial charge in [-0.05, 0) is 56.2 Å². The number of nitrogens with one attached hydrogen (secondary N) is 1. The summed E-state index contributed by atoms with van der Waals surface area (Å²) in [4.78, 5) is 12.1. The van der Waals surface area contributed by atoms with Crippen molar-refractivity contribution >= 4 is 5.91 Å². The Bertz CT molecular complexity index is 715. The molecule has 0 saturated heterocycles. The lowest BCUT2D eigenvalue weighted by Crippen LogP contribution is -2.38. The van der Waals surface area contributed by atoms with Crippen LogP contribution in [0.5, 0.6) is 17.2 Å². The Hall–Kier alpha value is -2.69. The van der Waals surface area contributed by atoms with Crippen LogP contribution < -0.4 is 19.5 Å². The molecule has 5 nitrogen and oxygen atoms in total. The summed E-state index contributed by atoms with van der Waals surface area (Å²) >= 11 is 0. The maximum absolute atomic E-state index is 12.1. The van der Waals surface area contributed by atoms with Gasteiger partial charge in [0.05, 0.1) is 13.7 Å². The van der Waals surface area contributed by atoms with Crippen LogP contribution in [0.1, 0.15) is 18.1 Å². The number of hydrogen-bond acceptors (Lipinski definition) is 4. The molecule has 25 heavy (non-hydrogen) atoms. The lowest BCUT2D eigenvalue weighted by atomic mass is 10.1. The van der Waals surface area contributed by atoms with Gasteiger partial charge >= 0.3 is 0 Å². The summed E-state index contributed by atoms with van der Waals surface area (Å²) in [6.45, 7) is 6.61. The third-order valence-electron chi connectivity index (χ3n) is 3.89. The van der Waals surface area contributed by atoms with E-state index in [1.54, 1.807) is 26.2 Å². The summed E-state index contributed by atoms with van der Waals surface area (Å²) in [5, 5.41) is 2.81. The van der Waals surface area contributed by atoms with Gasteiger partial charge in [-0.15, -0.1) is 0 Å². The fraction of sp³-hybridized carbons (Fsp3) is 0.350. The zero-order chi connectivity index (χ0) is 18.2. The lowest BCUT2D eigenvalue weighted by molar-refractivity contribution is -0.127. The van der Waals surface area contributed by atoms with E-state index >= 15 is 0 Å². The molecular formula is C20H25NO4. The third kappa shape index (κ3) is 5.41. The van der Waals surface area contributed by atoms with Crippen LogP contribution >= 0.6 is 0 Å². The number of ether oxygens (including phenoxy) is 3. The van der Waals surface area contributed by atoms with Crippen molar-refractivity contribution < 1.29 is 19.0 Å². The molecule has 0 aliphatic rings. The summed E-state index contributed by atoms with van der Waals surface area (Å²) in [6, 6.07) is 13.2. The van der Waals surface area contributed by atoms with E-state index in [1.165, 1.54) is 11.1 Å². The fourth-order valence-corrected chi connectivity index (χ4v) is 2.25. The van der Waals surface area contributed by atoms with Crippen molar-refractivity contribution in [1.82, 2.24) is 5.32 Å². The first-order chi connectivity index (χ1) is 12.0. The number of rotatable bonds is 8. The molecule has 0 aliphatic carbocycles. The molecule has 0 unspecified atom stereocenters. The number of benzene rings is 2. The van der Waals surface area contributed by atoms with Gasteiger partial charge in [0, 0.05) is 0 Å². The molecule has 1 amide bonds. The second-order valence-corrected chi connectivity index (χ2v) is 5.80. The Kier molecular flexibility index (Phi) is 6.69. The highest BCUT2D eigenvalue weighted by atomic mass is 16.5. The van der Waals surface area contributed by atoms with Gasteiger partial charge in [0.25, 0.3) is 5.91 Å². The van der Waals surface area contributed by atoms with Crippen molar-refractivity contribution in [3.8, 4) is 17.2 Å². The van der Waals surface area contributed by atoms with Gasteiger partial charge in [-0.1, -0.05) is 18.2 Å². The Morgan fingerprint density at radius 3 is 2.48 bits per heavy atom. The molecule has 0 fully saturated rings. The summed E-state index contributed by atoms with van der Waals surface area (Å²) in [6.07, 6.45) is -0.627. The van der Waals surface area contributed by atoms with Crippen LogP contribution in [0.25, 0.3) is 0 Å². The molecule has 0 heterocycles. The Balaban J connectivity index is 1.76. The smallest absolute Gasteiger partial charge is 0.260 e. The highest BCUT2D eigenvalue weighted by molar-refractivity contribution is 5.80. The van der Waals surface area contributed by atoms with Crippen LogP contribution in [0.3, 0.4) is 0 Å². The van der Waals surface area contributed by atoms with Gasteiger partial charge in [0.15, 0.2) is 17.6 Å². The molecule has 1 N–H and O–H groups in total. The number of methoxy groups -OCH3 is 1. The zero-order valence-electron chi connectivity index (χ0n) is 15.2. The number of amides is 1. The molecule has 5 heteroatoms. The van der Waals surface area contributed by atoms with Gasteiger partial charge in [-0.2, -0.15) is 0 Å².